The fourth-order valence-corrected chi connectivity index (χ4v) is 2.02. The predicted octanol–water partition coefficient (Wildman–Crippen LogP) is 2.50. The molecule has 0 atom stereocenters. The second-order valence-electron chi connectivity index (χ2n) is 3.33. The number of hydrogen-bond donors (Lipinski definition) is 2. The number of amides is 1. The number of halogens is 1. The maximum Gasteiger partial charge on any atom is 0.251 e. The van der Waals surface area contributed by atoms with E-state index in [1.54, 1.807) is 5.51 Å². The Morgan fingerprint density at radius 3 is 3.00 bits per heavy atom. The first-order valence-corrected chi connectivity index (χ1v) is 6.19. The van der Waals surface area contributed by atoms with Crippen LogP contribution in [0.4, 0.5) is 4.39 Å². The van der Waals surface area contributed by atoms with Gasteiger partial charge in [0.1, 0.15) is 5.82 Å². The highest BCUT2D eigenvalue weighted by Gasteiger charge is 2.08. The van der Waals surface area contributed by atoms with Crippen molar-refractivity contribution >= 4 is 29.9 Å². The Balaban J connectivity index is 2.02. The molecule has 0 aliphatic rings. The number of benzene rings is 1. The second-order valence-corrected chi connectivity index (χ2v) is 4.53. The van der Waals surface area contributed by atoms with Crippen LogP contribution in [0.3, 0.4) is 0 Å². The van der Waals surface area contributed by atoms with Crippen LogP contribution in [0.2, 0.25) is 0 Å². The van der Waals surface area contributed by atoms with Crippen LogP contribution in [0.5, 0.6) is 0 Å². The molecule has 6 heteroatoms. The topological polar surface area (TPSA) is 42.0 Å². The molecule has 0 saturated heterocycles. The number of carbonyl (C=O) groups excluding carboxylic acids is 1. The Hall–Kier alpha value is -1.40. The van der Waals surface area contributed by atoms with E-state index in [4.69, 9.17) is 0 Å². The molecule has 0 saturated carbocycles. The van der Waals surface area contributed by atoms with Crippen molar-refractivity contribution in [2.24, 2.45) is 0 Å². The zero-order chi connectivity index (χ0) is 12.3. The lowest BCUT2D eigenvalue weighted by Crippen LogP contribution is -2.22. The van der Waals surface area contributed by atoms with Crippen LogP contribution < -0.4 is 5.32 Å². The highest BCUT2D eigenvalue weighted by Crippen LogP contribution is 2.14. The first-order chi connectivity index (χ1) is 8.16. The molecule has 0 aliphatic carbocycles. The average Bonchev–Trinajstić information content (AvgIpc) is 2.82. The van der Waals surface area contributed by atoms with Gasteiger partial charge in [-0.15, -0.1) is 24.0 Å². The van der Waals surface area contributed by atoms with Crippen molar-refractivity contribution in [1.82, 2.24) is 10.3 Å². The SMILES string of the molecule is O=C(NCc1cscn1)c1ccc(F)c(S)c1. The number of hydrogen-bond acceptors (Lipinski definition) is 4. The highest BCUT2D eigenvalue weighted by atomic mass is 32.1. The van der Waals surface area contributed by atoms with Crippen molar-refractivity contribution in [3.63, 3.8) is 0 Å². The molecule has 0 radical (unpaired) electrons. The lowest BCUT2D eigenvalue weighted by atomic mass is 10.2. The second kappa shape index (κ2) is 5.29. The molecule has 1 aromatic heterocycles. The Bertz CT molecular complexity index is 528. The van der Waals surface area contributed by atoms with Crippen LogP contribution in [-0.2, 0) is 6.54 Å². The first kappa shape index (κ1) is 12.1. The normalized spacial score (nSPS) is 10.2. The summed E-state index contributed by atoms with van der Waals surface area (Å²) in [6.45, 7) is 0.363. The van der Waals surface area contributed by atoms with E-state index in [2.05, 4.69) is 22.9 Å². The fourth-order valence-electron chi connectivity index (χ4n) is 1.25. The molecule has 2 rings (SSSR count). The van der Waals surface area contributed by atoms with E-state index in [-0.39, 0.29) is 10.8 Å². The smallest absolute Gasteiger partial charge is 0.251 e. The van der Waals surface area contributed by atoms with Crippen molar-refractivity contribution in [2.45, 2.75) is 11.4 Å². The molecule has 0 unspecified atom stereocenters. The van der Waals surface area contributed by atoms with Gasteiger partial charge in [-0.05, 0) is 18.2 Å². The van der Waals surface area contributed by atoms with Gasteiger partial charge in [-0.1, -0.05) is 0 Å². The Morgan fingerprint density at radius 1 is 1.53 bits per heavy atom. The number of rotatable bonds is 3. The van der Waals surface area contributed by atoms with Gasteiger partial charge in [0.2, 0.25) is 0 Å². The average molecular weight is 268 g/mol. The summed E-state index contributed by atoms with van der Waals surface area (Å²) in [7, 11) is 0. The number of carbonyl (C=O) groups is 1. The zero-order valence-electron chi connectivity index (χ0n) is 8.68. The summed E-state index contributed by atoms with van der Waals surface area (Å²) in [4.78, 5) is 15.9. The van der Waals surface area contributed by atoms with E-state index < -0.39 is 5.82 Å². The molecule has 1 N–H and O–H groups in total. The van der Waals surface area contributed by atoms with E-state index >= 15 is 0 Å². The molecule has 17 heavy (non-hydrogen) atoms. The molecular weight excluding hydrogens is 259 g/mol. The Morgan fingerprint density at radius 2 is 2.35 bits per heavy atom. The third kappa shape index (κ3) is 3.04. The molecule has 2 aromatic rings. The van der Waals surface area contributed by atoms with Gasteiger partial charge in [-0.3, -0.25) is 4.79 Å². The van der Waals surface area contributed by atoms with Gasteiger partial charge in [0.05, 0.1) is 17.7 Å². The summed E-state index contributed by atoms with van der Waals surface area (Å²) in [5.74, 6) is -0.710. The number of aromatic nitrogens is 1. The maximum absolute atomic E-state index is 13.0. The quantitative estimate of drug-likeness (QED) is 0.840. The van der Waals surface area contributed by atoms with E-state index in [1.165, 1.54) is 29.5 Å². The lowest BCUT2D eigenvalue weighted by molar-refractivity contribution is 0.0950. The molecular formula is C11H9FN2OS2. The van der Waals surface area contributed by atoms with Crippen molar-refractivity contribution in [3.8, 4) is 0 Å². The van der Waals surface area contributed by atoms with Gasteiger partial charge in [0.25, 0.3) is 5.91 Å². The number of nitrogens with one attached hydrogen (secondary N) is 1. The van der Waals surface area contributed by atoms with Crippen molar-refractivity contribution in [3.05, 3.63) is 46.2 Å². The van der Waals surface area contributed by atoms with Crippen molar-refractivity contribution < 1.29 is 9.18 Å². The summed E-state index contributed by atoms with van der Waals surface area (Å²) in [5.41, 5.74) is 2.88. The molecule has 0 bridgehead atoms. The molecule has 1 amide bonds. The Kier molecular flexibility index (Phi) is 3.75. The fraction of sp³-hybridized carbons (Fsp3) is 0.0909. The van der Waals surface area contributed by atoms with Gasteiger partial charge < -0.3 is 5.32 Å². The standard InChI is InChI=1S/C11H9FN2OS2/c12-9-2-1-7(3-10(9)16)11(15)13-4-8-5-17-6-14-8/h1-3,5-6,16H,4H2,(H,13,15). The van der Waals surface area contributed by atoms with E-state index in [0.717, 1.165) is 5.69 Å². The number of thiol groups is 1. The minimum Gasteiger partial charge on any atom is -0.346 e. The van der Waals surface area contributed by atoms with Gasteiger partial charge in [0.15, 0.2) is 0 Å². The van der Waals surface area contributed by atoms with Crippen LogP contribution >= 0.6 is 24.0 Å². The van der Waals surface area contributed by atoms with E-state index in [9.17, 15) is 9.18 Å². The maximum atomic E-state index is 13.0. The molecule has 1 aromatic carbocycles. The first-order valence-electron chi connectivity index (χ1n) is 4.80. The third-order valence-electron chi connectivity index (χ3n) is 2.12. The monoisotopic (exact) mass is 268 g/mol. The third-order valence-corrected chi connectivity index (χ3v) is 3.10. The van der Waals surface area contributed by atoms with Crippen LogP contribution in [0.1, 0.15) is 16.1 Å². The van der Waals surface area contributed by atoms with E-state index in [1.807, 2.05) is 5.38 Å². The summed E-state index contributed by atoms with van der Waals surface area (Å²) in [5, 5.41) is 4.55. The van der Waals surface area contributed by atoms with Gasteiger partial charge in [-0.2, -0.15) is 0 Å². The summed E-state index contributed by atoms with van der Waals surface area (Å²) in [6, 6.07) is 4.04. The number of thiazole rings is 1. The summed E-state index contributed by atoms with van der Waals surface area (Å²) < 4.78 is 13.0. The molecule has 88 valence electrons. The van der Waals surface area contributed by atoms with Gasteiger partial charge in [-0.25, -0.2) is 9.37 Å². The minimum absolute atomic E-state index is 0.159. The van der Waals surface area contributed by atoms with Gasteiger partial charge in [0, 0.05) is 15.8 Å². The van der Waals surface area contributed by atoms with Crippen LogP contribution in [0.15, 0.2) is 34.0 Å². The van der Waals surface area contributed by atoms with Crippen LogP contribution in [-0.4, -0.2) is 10.9 Å². The van der Waals surface area contributed by atoms with Crippen LogP contribution in [0, 0.1) is 5.82 Å². The van der Waals surface area contributed by atoms with Crippen molar-refractivity contribution in [1.29, 1.82) is 0 Å². The Labute approximate surface area is 107 Å². The predicted molar refractivity (Wildman–Crippen MR) is 66.9 cm³/mol. The molecule has 3 nitrogen and oxygen atoms in total. The number of nitrogens with zero attached hydrogens (tertiary/aromatic N) is 1. The molecule has 0 spiro atoms. The van der Waals surface area contributed by atoms with Crippen molar-refractivity contribution in [2.75, 3.05) is 0 Å². The summed E-state index contributed by atoms with van der Waals surface area (Å²) >= 11 is 5.39. The largest absolute Gasteiger partial charge is 0.346 e. The zero-order valence-corrected chi connectivity index (χ0v) is 10.4. The highest BCUT2D eigenvalue weighted by molar-refractivity contribution is 7.80. The van der Waals surface area contributed by atoms with Crippen LogP contribution in [0.25, 0.3) is 0 Å². The molecule has 1 heterocycles. The van der Waals surface area contributed by atoms with E-state index in [0.29, 0.717) is 12.1 Å². The molecule has 0 aliphatic heterocycles. The molecule has 0 fully saturated rings. The lowest BCUT2D eigenvalue weighted by Gasteiger charge is -2.04. The minimum atomic E-state index is -0.440. The summed E-state index contributed by atoms with van der Waals surface area (Å²) in [6.07, 6.45) is 0. The van der Waals surface area contributed by atoms with Gasteiger partial charge >= 0.3 is 0 Å².